The molecular weight excluding hydrogens is 216 g/mol. The summed E-state index contributed by atoms with van der Waals surface area (Å²) in [6, 6.07) is 5.42. The van der Waals surface area contributed by atoms with Crippen molar-refractivity contribution in [1.82, 2.24) is 9.97 Å². The Hall–Kier alpha value is -1.55. The van der Waals surface area contributed by atoms with Gasteiger partial charge in [-0.1, -0.05) is 6.07 Å². The number of halogens is 1. The van der Waals surface area contributed by atoms with Gasteiger partial charge >= 0.3 is 0 Å². The molecule has 0 spiro atoms. The Bertz CT molecular complexity index is 456. The summed E-state index contributed by atoms with van der Waals surface area (Å²) in [6.45, 7) is 2.48. The molecule has 0 unspecified atom stereocenters. The number of pyridine rings is 1. The zero-order valence-electron chi connectivity index (χ0n) is 8.11. The lowest BCUT2D eigenvalue weighted by molar-refractivity contribution is 0.327. The van der Waals surface area contributed by atoms with Gasteiger partial charge in [0.05, 0.1) is 12.8 Å². The zero-order chi connectivity index (χ0) is 10.7. The molecule has 4 nitrogen and oxygen atoms in total. The molecule has 0 N–H and O–H groups in total. The second-order valence-electron chi connectivity index (χ2n) is 2.77. The SMILES string of the molecule is CCOc1cccc(-c2cnc(Cl)o2)n1. The first kappa shape index (κ1) is 9.98. The fraction of sp³-hybridized carbons (Fsp3) is 0.200. The molecule has 0 saturated carbocycles. The summed E-state index contributed by atoms with van der Waals surface area (Å²) >= 11 is 5.57. The molecule has 0 radical (unpaired) electrons. The van der Waals surface area contributed by atoms with Crippen LogP contribution in [0.4, 0.5) is 0 Å². The van der Waals surface area contributed by atoms with Crippen LogP contribution in [0.5, 0.6) is 5.88 Å². The van der Waals surface area contributed by atoms with Crippen molar-refractivity contribution >= 4 is 11.6 Å². The van der Waals surface area contributed by atoms with E-state index in [1.54, 1.807) is 12.1 Å². The number of ether oxygens (including phenoxy) is 1. The third-order valence-electron chi connectivity index (χ3n) is 1.75. The summed E-state index contributed by atoms with van der Waals surface area (Å²) < 4.78 is 10.4. The van der Waals surface area contributed by atoms with Crippen LogP contribution in [0.25, 0.3) is 11.5 Å². The number of rotatable bonds is 3. The van der Waals surface area contributed by atoms with Crippen molar-refractivity contribution in [3.8, 4) is 17.3 Å². The van der Waals surface area contributed by atoms with Crippen LogP contribution < -0.4 is 4.74 Å². The molecule has 2 heterocycles. The minimum atomic E-state index is 0.105. The van der Waals surface area contributed by atoms with E-state index < -0.39 is 0 Å². The van der Waals surface area contributed by atoms with E-state index >= 15 is 0 Å². The number of hydrogen-bond acceptors (Lipinski definition) is 4. The van der Waals surface area contributed by atoms with Crippen LogP contribution in [0.1, 0.15) is 6.92 Å². The van der Waals surface area contributed by atoms with Gasteiger partial charge in [0.1, 0.15) is 5.69 Å². The van der Waals surface area contributed by atoms with Gasteiger partial charge in [-0.15, -0.1) is 0 Å². The summed E-state index contributed by atoms with van der Waals surface area (Å²) in [7, 11) is 0. The van der Waals surface area contributed by atoms with Crippen LogP contribution in [-0.4, -0.2) is 16.6 Å². The van der Waals surface area contributed by atoms with Crippen LogP contribution >= 0.6 is 11.6 Å². The van der Waals surface area contributed by atoms with E-state index in [2.05, 4.69) is 9.97 Å². The van der Waals surface area contributed by atoms with E-state index in [1.807, 2.05) is 13.0 Å². The Morgan fingerprint density at radius 1 is 1.47 bits per heavy atom. The van der Waals surface area contributed by atoms with Crippen molar-refractivity contribution in [2.24, 2.45) is 0 Å². The molecule has 2 aromatic rings. The number of hydrogen-bond donors (Lipinski definition) is 0. The maximum atomic E-state index is 5.57. The molecule has 0 bridgehead atoms. The predicted octanol–water partition coefficient (Wildman–Crippen LogP) is 2.79. The summed E-state index contributed by atoms with van der Waals surface area (Å²) in [5, 5.41) is 0.105. The number of aromatic nitrogens is 2. The molecule has 2 rings (SSSR count). The van der Waals surface area contributed by atoms with Crippen molar-refractivity contribution in [3.63, 3.8) is 0 Å². The fourth-order valence-electron chi connectivity index (χ4n) is 1.15. The molecule has 0 aromatic carbocycles. The van der Waals surface area contributed by atoms with E-state index in [0.29, 0.717) is 23.9 Å². The largest absolute Gasteiger partial charge is 0.478 e. The fourth-order valence-corrected chi connectivity index (χ4v) is 1.28. The van der Waals surface area contributed by atoms with E-state index in [0.717, 1.165) is 0 Å². The third-order valence-corrected chi connectivity index (χ3v) is 1.92. The molecule has 0 saturated heterocycles. The van der Waals surface area contributed by atoms with Crippen LogP contribution in [0, 0.1) is 0 Å². The molecule has 0 atom stereocenters. The highest BCUT2D eigenvalue weighted by Gasteiger charge is 2.06. The summed E-state index contributed by atoms with van der Waals surface area (Å²) in [6.07, 6.45) is 1.53. The maximum absolute atomic E-state index is 5.57. The van der Waals surface area contributed by atoms with Gasteiger partial charge in [0.2, 0.25) is 5.88 Å². The molecule has 0 amide bonds. The first-order valence-electron chi connectivity index (χ1n) is 4.51. The van der Waals surface area contributed by atoms with Gasteiger partial charge in [0.15, 0.2) is 5.76 Å². The van der Waals surface area contributed by atoms with E-state index in [-0.39, 0.29) is 5.35 Å². The molecule has 0 aliphatic heterocycles. The lowest BCUT2D eigenvalue weighted by atomic mass is 10.3. The second kappa shape index (κ2) is 4.31. The molecule has 2 aromatic heterocycles. The monoisotopic (exact) mass is 224 g/mol. The van der Waals surface area contributed by atoms with E-state index in [4.69, 9.17) is 20.8 Å². The topological polar surface area (TPSA) is 48.2 Å². The van der Waals surface area contributed by atoms with Gasteiger partial charge in [-0.05, 0) is 24.6 Å². The average Bonchev–Trinajstić information content (AvgIpc) is 2.66. The normalized spacial score (nSPS) is 10.3. The molecule has 5 heteroatoms. The molecule has 0 fully saturated rings. The first-order valence-corrected chi connectivity index (χ1v) is 4.89. The van der Waals surface area contributed by atoms with E-state index in [9.17, 15) is 0 Å². The smallest absolute Gasteiger partial charge is 0.292 e. The Morgan fingerprint density at radius 3 is 3.00 bits per heavy atom. The van der Waals surface area contributed by atoms with E-state index in [1.165, 1.54) is 6.20 Å². The lowest BCUT2D eigenvalue weighted by Crippen LogP contribution is -1.94. The number of nitrogens with zero attached hydrogens (tertiary/aromatic N) is 2. The van der Waals surface area contributed by atoms with Gasteiger partial charge in [-0.25, -0.2) is 9.97 Å². The van der Waals surface area contributed by atoms with Crippen LogP contribution in [0.15, 0.2) is 28.8 Å². The summed E-state index contributed by atoms with van der Waals surface area (Å²) in [5.74, 6) is 1.09. The molecule has 78 valence electrons. The first-order chi connectivity index (χ1) is 7.29. The molecular formula is C10H9ClN2O2. The molecule has 0 aliphatic carbocycles. The van der Waals surface area contributed by atoms with Gasteiger partial charge in [0, 0.05) is 6.07 Å². The van der Waals surface area contributed by atoms with Crippen LogP contribution in [0.3, 0.4) is 0 Å². The van der Waals surface area contributed by atoms with Gasteiger partial charge in [0.25, 0.3) is 5.35 Å². The van der Waals surface area contributed by atoms with Crippen molar-refractivity contribution in [1.29, 1.82) is 0 Å². The van der Waals surface area contributed by atoms with Crippen LogP contribution in [0.2, 0.25) is 5.35 Å². The Balaban J connectivity index is 2.32. The third kappa shape index (κ3) is 2.27. The highest BCUT2D eigenvalue weighted by Crippen LogP contribution is 2.22. The van der Waals surface area contributed by atoms with Gasteiger partial charge in [-0.2, -0.15) is 0 Å². The van der Waals surface area contributed by atoms with Crippen molar-refractivity contribution in [3.05, 3.63) is 29.7 Å². The summed E-state index contributed by atoms with van der Waals surface area (Å²) in [4.78, 5) is 8.02. The minimum absolute atomic E-state index is 0.105. The predicted molar refractivity (Wildman–Crippen MR) is 55.9 cm³/mol. The maximum Gasteiger partial charge on any atom is 0.292 e. The standard InChI is InChI=1S/C10H9ClN2O2/c1-2-14-9-5-3-4-7(13-9)8-6-12-10(11)15-8/h3-6H,2H2,1H3. The molecule has 15 heavy (non-hydrogen) atoms. The van der Waals surface area contributed by atoms with Gasteiger partial charge < -0.3 is 9.15 Å². The minimum Gasteiger partial charge on any atom is -0.478 e. The average molecular weight is 225 g/mol. The van der Waals surface area contributed by atoms with Crippen molar-refractivity contribution in [2.75, 3.05) is 6.61 Å². The second-order valence-corrected chi connectivity index (χ2v) is 3.09. The lowest BCUT2D eigenvalue weighted by Gasteiger charge is -2.02. The van der Waals surface area contributed by atoms with Crippen LogP contribution in [-0.2, 0) is 0 Å². The van der Waals surface area contributed by atoms with Crippen molar-refractivity contribution in [2.45, 2.75) is 6.92 Å². The number of oxazole rings is 1. The van der Waals surface area contributed by atoms with Crippen molar-refractivity contribution < 1.29 is 9.15 Å². The quantitative estimate of drug-likeness (QED) is 0.804. The molecule has 0 aliphatic rings. The van der Waals surface area contributed by atoms with Gasteiger partial charge in [-0.3, -0.25) is 0 Å². The Labute approximate surface area is 91.9 Å². The highest BCUT2D eigenvalue weighted by atomic mass is 35.5. The summed E-state index contributed by atoms with van der Waals surface area (Å²) in [5.41, 5.74) is 0.653. The Morgan fingerprint density at radius 2 is 2.33 bits per heavy atom. The zero-order valence-corrected chi connectivity index (χ0v) is 8.86. The Kier molecular flexibility index (Phi) is 2.87. The highest BCUT2D eigenvalue weighted by molar-refractivity contribution is 6.27.